The highest BCUT2D eigenvalue weighted by atomic mass is 32.2. The molecule has 0 radical (unpaired) electrons. The van der Waals surface area contributed by atoms with E-state index in [9.17, 15) is 12.6 Å². The number of anilines is 2. The fourth-order valence-electron chi connectivity index (χ4n) is 3.26. The minimum atomic E-state index is -3.97. The Morgan fingerprint density at radius 2 is 1.82 bits per heavy atom. The predicted octanol–water partition coefficient (Wildman–Crippen LogP) is 3.26. The van der Waals surface area contributed by atoms with E-state index in [1.54, 1.807) is 12.1 Å². The van der Waals surface area contributed by atoms with E-state index < -0.39 is 19.8 Å². The topological polar surface area (TPSA) is 145 Å². The molecule has 33 heavy (non-hydrogen) atoms. The Labute approximate surface area is 194 Å². The highest BCUT2D eigenvalue weighted by molar-refractivity contribution is 7.93. The molecule has 0 saturated carbocycles. The van der Waals surface area contributed by atoms with Gasteiger partial charge in [0.1, 0.15) is 0 Å². The van der Waals surface area contributed by atoms with Gasteiger partial charge in [0.05, 0.1) is 37.4 Å². The van der Waals surface area contributed by atoms with Gasteiger partial charge in [-0.2, -0.15) is 5.21 Å². The second-order valence-electron chi connectivity index (χ2n) is 8.13. The number of H-pyrrole nitrogens is 1. The normalized spacial score (nSPS) is 13.6. The molecule has 10 nitrogen and oxygen atoms in total. The first kappa shape index (κ1) is 24.6. The molecule has 0 aliphatic rings. The average molecular weight is 492 g/mol. The van der Waals surface area contributed by atoms with Crippen LogP contribution in [-0.4, -0.2) is 46.1 Å². The Balaban J connectivity index is 2.03. The quantitative estimate of drug-likeness (QED) is 0.395. The Morgan fingerprint density at radius 1 is 1.12 bits per heavy atom. The van der Waals surface area contributed by atoms with Crippen molar-refractivity contribution in [2.75, 3.05) is 22.4 Å². The molecule has 0 spiro atoms. The molecule has 1 aromatic heterocycles. The minimum Gasteiger partial charge on any atom is -0.377 e. The van der Waals surface area contributed by atoms with Crippen LogP contribution in [0.5, 0.6) is 0 Å². The van der Waals surface area contributed by atoms with Crippen LogP contribution in [0, 0.1) is 10.7 Å². The number of aryl methyl sites for hydroxylation is 1. The van der Waals surface area contributed by atoms with E-state index in [1.165, 1.54) is 28.8 Å². The Morgan fingerprint density at radius 3 is 2.36 bits per heavy atom. The molecular weight excluding hydrogens is 462 g/mol. The first-order valence-electron chi connectivity index (χ1n) is 10.5. The second kappa shape index (κ2) is 9.87. The number of hydrogen-bond acceptors (Lipinski definition) is 8. The van der Waals surface area contributed by atoms with Crippen molar-refractivity contribution in [2.24, 2.45) is 5.92 Å². The lowest BCUT2D eigenvalue weighted by Crippen LogP contribution is -2.34. The first-order valence-corrected chi connectivity index (χ1v) is 13.9. The van der Waals surface area contributed by atoms with Gasteiger partial charge in [-0.15, -0.1) is 10.2 Å². The van der Waals surface area contributed by atoms with Gasteiger partial charge >= 0.3 is 0 Å². The molecule has 1 unspecified atom stereocenters. The Hall–Kier alpha value is -2.99. The van der Waals surface area contributed by atoms with Crippen LogP contribution in [0.25, 0.3) is 0 Å². The molecule has 1 atom stereocenters. The van der Waals surface area contributed by atoms with Crippen molar-refractivity contribution in [3.8, 4) is 0 Å². The molecule has 0 fully saturated rings. The van der Waals surface area contributed by atoms with Crippen molar-refractivity contribution in [2.45, 2.75) is 43.5 Å². The summed E-state index contributed by atoms with van der Waals surface area (Å²) in [7, 11) is -7.21. The summed E-state index contributed by atoms with van der Waals surface area (Å²) in [6, 6.07) is 11.7. The average Bonchev–Trinajstić information content (AvgIpc) is 3.29. The zero-order chi connectivity index (χ0) is 24.2. The van der Waals surface area contributed by atoms with Crippen LogP contribution in [-0.2, 0) is 32.7 Å². The SMILES string of the molecule is CCc1ccc(N(CC(C)C)S(=O)(=O)c2ccc(NCc3nn[nH]n3)c(S(C)(=N)=O)c2)cc1. The number of aromatic amines is 1. The molecular formula is C21H29N7O3S2. The standard InChI is InChI=1S/C21H29N7O3S2/c1-5-16-6-8-17(9-7-16)28(14-15(2)3)33(30,31)18-10-11-19(20(12-18)32(4,22)29)23-13-21-24-26-27-25-21/h6-12,15,22-23H,5,13-14H2,1-4H3,(H,24,25,26,27). The largest absolute Gasteiger partial charge is 0.377 e. The van der Waals surface area contributed by atoms with Gasteiger partial charge in [-0.05, 0) is 48.2 Å². The Bertz CT molecular complexity index is 1290. The number of rotatable bonds is 10. The maximum Gasteiger partial charge on any atom is 0.264 e. The summed E-state index contributed by atoms with van der Waals surface area (Å²) in [5.74, 6) is 0.455. The van der Waals surface area contributed by atoms with Crippen LogP contribution in [0.4, 0.5) is 11.4 Å². The van der Waals surface area contributed by atoms with Crippen molar-refractivity contribution in [3.05, 3.63) is 53.9 Å². The molecule has 1 heterocycles. The van der Waals surface area contributed by atoms with Crippen LogP contribution >= 0.6 is 0 Å². The fraction of sp³-hybridized carbons (Fsp3) is 0.381. The van der Waals surface area contributed by atoms with Crippen LogP contribution in [0.15, 0.2) is 52.3 Å². The maximum absolute atomic E-state index is 13.7. The number of sulfonamides is 1. The number of tetrazole rings is 1. The lowest BCUT2D eigenvalue weighted by Gasteiger charge is -2.27. The highest BCUT2D eigenvalue weighted by Gasteiger charge is 2.27. The van der Waals surface area contributed by atoms with Gasteiger partial charge < -0.3 is 5.32 Å². The van der Waals surface area contributed by atoms with Crippen molar-refractivity contribution < 1.29 is 12.6 Å². The summed E-state index contributed by atoms with van der Waals surface area (Å²) in [6.45, 7) is 6.39. The number of benzene rings is 2. The molecule has 2 aromatic carbocycles. The summed E-state index contributed by atoms with van der Waals surface area (Å²) in [5, 5.41) is 16.5. The third-order valence-electron chi connectivity index (χ3n) is 4.95. The van der Waals surface area contributed by atoms with Gasteiger partial charge in [-0.3, -0.25) is 4.31 Å². The summed E-state index contributed by atoms with van der Waals surface area (Å²) < 4.78 is 49.6. The molecule has 3 N–H and O–H groups in total. The highest BCUT2D eigenvalue weighted by Crippen LogP contribution is 2.30. The summed E-state index contributed by atoms with van der Waals surface area (Å²) in [6.07, 6.45) is 2.11. The number of nitrogens with one attached hydrogen (secondary N) is 3. The van der Waals surface area contributed by atoms with Gasteiger partial charge in [-0.25, -0.2) is 17.4 Å². The van der Waals surface area contributed by atoms with E-state index in [4.69, 9.17) is 4.78 Å². The third-order valence-corrected chi connectivity index (χ3v) is 7.92. The molecule has 0 saturated heterocycles. The summed E-state index contributed by atoms with van der Waals surface area (Å²) in [4.78, 5) is 0.0718. The van der Waals surface area contributed by atoms with Crippen LogP contribution in [0.2, 0.25) is 0 Å². The molecule has 3 rings (SSSR count). The van der Waals surface area contributed by atoms with E-state index in [1.807, 2.05) is 32.9 Å². The summed E-state index contributed by atoms with van der Waals surface area (Å²) >= 11 is 0. The number of nitrogens with zero attached hydrogens (tertiary/aromatic N) is 4. The number of hydrogen-bond donors (Lipinski definition) is 3. The van der Waals surface area contributed by atoms with E-state index in [2.05, 4.69) is 25.9 Å². The third kappa shape index (κ3) is 5.88. The fourth-order valence-corrected chi connectivity index (χ4v) is 5.90. The van der Waals surface area contributed by atoms with Crippen molar-refractivity contribution >= 4 is 31.1 Å². The minimum absolute atomic E-state index is 0.0235. The van der Waals surface area contributed by atoms with Crippen LogP contribution in [0.1, 0.15) is 32.2 Å². The molecule has 0 bridgehead atoms. The maximum atomic E-state index is 13.7. The number of aromatic nitrogens is 4. The van der Waals surface area contributed by atoms with Crippen molar-refractivity contribution in [3.63, 3.8) is 0 Å². The van der Waals surface area contributed by atoms with Crippen LogP contribution in [0.3, 0.4) is 0 Å². The first-order chi connectivity index (χ1) is 15.5. The molecule has 12 heteroatoms. The molecule has 0 amide bonds. The van der Waals surface area contributed by atoms with E-state index in [0.717, 1.165) is 12.0 Å². The van der Waals surface area contributed by atoms with Crippen molar-refractivity contribution in [1.82, 2.24) is 20.6 Å². The van der Waals surface area contributed by atoms with Gasteiger partial charge in [0.15, 0.2) is 5.82 Å². The van der Waals surface area contributed by atoms with Gasteiger partial charge in [0.2, 0.25) is 0 Å². The molecule has 0 aliphatic heterocycles. The molecule has 178 valence electrons. The van der Waals surface area contributed by atoms with Gasteiger partial charge in [-0.1, -0.05) is 38.1 Å². The smallest absolute Gasteiger partial charge is 0.264 e. The van der Waals surface area contributed by atoms with Crippen LogP contribution < -0.4 is 9.62 Å². The van der Waals surface area contributed by atoms with Gasteiger partial charge in [0, 0.05) is 12.8 Å². The molecule has 0 aliphatic carbocycles. The van der Waals surface area contributed by atoms with E-state index >= 15 is 0 Å². The van der Waals surface area contributed by atoms with Crippen molar-refractivity contribution in [1.29, 1.82) is 4.78 Å². The Kier molecular flexibility index (Phi) is 7.38. The van der Waals surface area contributed by atoms with E-state index in [0.29, 0.717) is 17.2 Å². The predicted molar refractivity (Wildman–Crippen MR) is 128 cm³/mol. The lowest BCUT2D eigenvalue weighted by atomic mass is 10.1. The molecule has 3 aromatic rings. The van der Waals surface area contributed by atoms with Gasteiger partial charge in [0.25, 0.3) is 10.0 Å². The monoisotopic (exact) mass is 491 g/mol. The lowest BCUT2D eigenvalue weighted by molar-refractivity contribution is 0.577. The van der Waals surface area contributed by atoms with E-state index in [-0.39, 0.29) is 28.8 Å². The second-order valence-corrected chi connectivity index (χ2v) is 12.1. The zero-order valence-corrected chi connectivity index (χ0v) is 20.7. The zero-order valence-electron chi connectivity index (χ0n) is 19.1. The summed E-state index contributed by atoms with van der Waals surface area (Å²) in [5.41, 5.74) is 2.05.